The van der Waals surface area contributed by atoms with Crippen LogP contribution in [0.5, 0.6) is 5.75 Å². The molecule has 0 fully saturated rings. The van der Waals surface area contributed by atoms with Crippen molar-refractivity contribution in [3.63, 3.8) is 0 Å². The van der Waals surface area contributed by atoms with E-state index in [1.165, 1.54) is 6.33 Å². The molecule has 1 aliphatic heterocycles. The Bertz CT molecular complexity index is 669. The third-order valence-electron chi connectivity index (χ3n) is 3.84. The van der Waals surface area contributed by atoms with Gasteiger partial charge in [-0.25, -0.2) is 4.68 Å². The molecule has 0 saturated carbocycles. The smallest absolute Gasteiger partial charge is 0.225 e. The number of aromatic nitrogens is 3. The molecule has 1 amide bonds. The van der Waals surface area contributed by atoms with E-state index in [0.29, 0.717) is 5.95 Å². The van der Waals surface area contributed by atoms with Crippen LogP contribution in [0.1, 0.15) is 18.5 Å². The Balaban J connectivity index is 2.13. The number of carbonyl (C=O) groups excluding carboxylic acids is 1. The van der Waals surface area contributed by atoms with Crippen LogP contribution in [0, 0.1) is 5.92 Å². The zero-order chi connectivity index (χ0) is 15.0. The number of rotatable bonds is 3. The van der Waals surface area contributed by atoms with Gasteiger partial charge in [0.05, 0.1) is 19.1 Å². The molecule has 3 atom stereocenters. The van der Waals surface area contributed by atoms with E-state index in [1.54, 1.807) is 11.8 Å². The number of fused-ring (bicyclic) bond motifs is 1. The highest BCUT2D eigenvalue weighted by atomic mass is 16.5. The number of carbonyl (C=O) groups is 1. The Kier molecular flexibility index (Phi) is 3.25. The van der Waals surface area contributed by atoms with Gasteiger partial charge in [0, 0.05) is 6.04 Å². The van der Waals surface area contributed by atoms with Gasteiger partial charge < -0.3 is 15.8 Å². The zero-order valence-corrected chi connectivity index (χ0v) is 11.9. The molecular weight excluding hydrogens is 270 g/mol. The van der Waals surface area contributed by atoms with Gasteiger partial charge in [-0.2, -0.15) is 10.1 Å². The van der Waals surface area contributed by atoms with E-state index in [1.807, 2.05) is 31.2 Å². The van der Waals surface area contributed by atoms with E-state index in [2.05, 4.69) is 15.4 Å². The first kappa shape index (κ1) is 13.4. The minimum absolute atomic E-state index is 0.129. The van der Waals surface area contributed by atoms with Gasteiger partial charge in [0.25, 0.3) is 0 Å². The van der Waals surface area contributed by atoms with Crippen molar-refractivity contribution in [2.75, 3.05) is 12.4 Å². The predicted molar refractivity (Wildman–Crippen MR) is 76.9 cm³/mol. The Hall–Kier alpha value is -2.57. The molecule has 7 nitrogen and oxygen atoms in total. The van der Waals surface area contributed by atoms with E-state index in [-0.39, 0.29) is 18.0 Å². The first-order valence-electron chi connectivity index (χ1n) is 6.71. The van der Waals surface area contributed by atoms with Crippen molar-refractivity contribution in [2.45, 2.75) is 19.0 Å². The highest BCUT2D eigenvalue weighted by Gasteiger charge is 2.40. The molecule has 0 aliphatic carbocycles. The van der Waals surface area contributed by atoms with Crippen LogP contribution in [-0.2, 0) is 4.79 Å². The molecule has 0 spiro atoms. The number of nitrogens with zero attached hydrogens (tertiary/aromatic N) is 3. The van der Waals surface area contributed by atoms with Crippen LogP contribution < -0.4 is 15.8 Å². The molecule has 1 aromatic carbocycles. The Morgan fingerprint density at radius 3 is 3.00 bits per heavy atom. The molecule has 0 saturated heterocycles. The summed E-state index contributed by atoms with van der Waals surface area (Å²) in [7, 11) is 1.61. The molecule has 3 rings (SSSR count). The second-order valence-electron chi connectivity index (χ2n) is 5.11. The molecule has 21 heavy (non-hydrogen) atoms. The summed E-state index contributed by atoms with van der Waals surface area (Å²) in [5.74, 6) is 0.562. The van der Waals surface area contributed by atoms with Crippen LogP contribution >= 0.6 is 0 Å². The maximum absolute atomic E-state index is 11.9. The second-order valence-corrected chi connectivity index (χ2v) is 5.11. The molecule has 1 aromatic heterocycles. The van der Waals surface area contributed by atoms with Crippen LogP contribution in [0.4, 0.5) is 5.95 Å². The lowest BCUT2D eigenvalue weighted by Gasteiger charge is -2.36. The fourth-order valence-electron chi connectivity index (χ4n) is 2.85. The maximum atomic E-state index is 11.9. The van der Waals surface area contributed by atoms with Crippen molar-refractivity contribution in [3.05, 3.63) is 36.2 Å². The van der Waals surface area contributed by atoms with E-state index in [0.717, 1.165) is 11.3 Å². The van der Waals surface area contributed by atoms with E-state index in [9.17, 15) is 4.79 Å². The molecule has 110 valence electrons. The SMILES string of the molecule is COc1cccc(C2C(C(N)=O)C(C)Nc3ncnn32)c1. The molecule has 1 aliphatic rings. The number of hydrogen-bond donors (Lipinski definition) is 2. The van der Waals surface area contributed by atoms with Gasteiger partial charge in [0.2, 0.25) is 11.9 Å². The number of ether oxygens (including phenoxy) is 1. The van der Waals surface area contributed by atoms with Crippen LogP contribution in [0.2, 0.25) is 0 Å². The fraction of sp³-hybridized carbons (Fsp3) is 0.357. The van der Waals surface area contributed by atoms with Crippen molar-refractivity contribution in [2.24, 2.45) is 11.7 Å². The summed E-state index contributed by atoms with van der Waals surface area (Å²) in [5.41, 5.74) is 6.53. The third kappa shape index (κ3) is 2.20. The summed E-state index contributed by atoms with van der Waals surface area (Å²) >= 11 is 0. The third-order valence-corrected chi connectivity index (χ3v) is 3.84. The van der Waals surface area contributed by atoms with E-state index < -0.39 is 5.92 Å². The Morgan fingerprint density at radius 2 is 2.29 bits per heavy atom. The highest BCUT2D eigenvalue weighted by molar-refractivity contribution is 5.79. The molecule has 2 heterocycles. The van der Waals surface area contributed by atoms with Gasteiger partial charge in [-0.05, 0) is 24.6 Å². The molecule has 2 aromatic rings. The lowest BCUT2D eigenvalue weighted by atomic mass is 9.85. The van der Waals surface area contributed by atoms with Crippen molar-refractivity contribution >= 4 is 11.9 Å². The number of benzene rings is 1. The lowest BCUT2D eigenvalue weighted by Crippen LogP contribution is -2.47. The number of anilines is 1. The van der Waals surface area contributed by atoms with Gasteiger partial charge in [0.1, 0.15) is 12.1 Å². The predicted octanol–water partition coefficient (Wildman–Crippen LogP) is 0.792. The average Bonchev–Trinajstić information content (AvgIpc) is 2.93. The normalized spacial score (nSPS) is 24.0. The monoisotopic (exact) mass is 287 g/mol. The van der Waals surface area contributed by atoms with Crippen molar-refractivity contribution in [1.82, 2.24) is 14.8 Å². The number of nitrogens with two attached hydrogens (primary N) is 1. The van der Waals surface area contributed by atoms with Crippen LogP contribution in [0.25, 0.3) is 0 Å². The summed E-state index contributed by atoms with van der Waals surface area (Å²) < 4.78 is 6.96. The van der Waals surface area contributed by atoms with Crippen molar-refractivity contribution < 1.29 is 9.53 Å². The lowest BCUT2D eigenvalue weighted by molar-refractivity contribution is -0.123. The van der Waals surface area contributed by atoms with Crippen LogP contribution in [0.15, 0.2) is 30.6 Å². The number of nitrogens with one attached hydrogen (secondary N) is 1. The summed E-state index contributed by atoms with van der Waals surface area (Å²) in [4.78, 5) is 16.1. The molecule has 3 unspecified atom stereocenters. The van der Waals surface area contributed by atoms with Crippen molar-refractivity contribution in [1.29, 1.82) is 0 Å². The maximum Gasteiger partial charge on any atom is 0.225 e. The summed E-state index contributed by atoms with van der Waals surface area (Å²) in [5, 5.41) is 7.39. The summed E-state index contributed by atoms with van der Waals surface area (Å²) in [6.07, 6.45) is 1.46. The first-order chi connectivity index (χ1) is 10.1. The fourth-order valence-corrected chi connectivity index (χ4v) is 2.85. The van der Waals surface area contributed by atoms with E-state index >= 15 is 0 Å². The van der Waals surface area contributed by atoms with Crippen LogP contribution in [0.3, 0.4) is 0 Å². The molecular formula is C14H17N5O2. The van der Waals surface area contributed by atoms with Crippen molar-refractivity contribution in [3.8, 4) is 5.75 Å². The second kappa shape index (κ2) is 5.08. The number of hydrogen-bond acceptors (Lipinski definition) is 5. The standard InChI is InChI=1S/C14H17N5O2/c1-8-11(13(15)20)12(19-14(18-8)16-7-17-19)9-4-3-5-10(6-9)21-2/h3-8,11-12H,1-2H3,(H2,15,20)(H,16,17,18). The van der Waals surface area contributed by atoms with Gasteiger partial charge in [-0.15, -0.1) is 0 Å². The van der Waals surface area contributed by atoms with Gasteiger partial charge in [-0.1, -0.05) is 12.1 Å². The Morgan fingerprint density at radius 1 is 1.48 bits per heavy atom. The average molecular weight is 287 g/mol. The Labute approximate surface area is 122 Å². The first-order valence-corrected chi connectivity index (χ1v) is 6.71. The minimum atomic E-state index is -0.425. The minimum Gasteiger partial charge on any atom is -0.497 e. The highest BCUT2D eigenvalue weighted by Crippen LogP contribution is 2.36. The molecule has 3 N–H and O–H groups in total. The van der Waals surface area contributed by atoms with Gasteiger partial charge >= 0.3 is 0 Å². The van der Waals surface area contributed by atoms with E-state index in [4.69, 9.17) is 10.5 Å². The number of methoxy groups -OCH3 is 1. The topological polar surface area (TPSA) is 95.1 Å². The molecule has 7 heteroatoms. The summed E-state index contributed by atoms with van der Waals surface area (Å²) in [6, 6.07) is 7.14. The molecule has 0 bridgehead atoms. The van der Waals surface area contributed by atoms with Gasteiger partial charge in [-0.3, -0.25) is 4.79 Å². The summed E-state index contributed by atoms with van der Waals surface area (Å²) in [6.45, 7) is 1.92. The largest absolute Gasteiger partial charge is 0.497 e. The number of amides is 1. The van der Waals surface area contributed by atoms with Gasteiger partial charge in [0.15, 0.2) is 0 Å². The molecule has 0 radical (unpaired) electrons. The zero-order valence-electron chi connectivity index (χ0n) is 11.9. The van der Waals surface area contributed by atoms with Crippen LogP contribution in [-0.4, -0.2) is 33.8 Å². The quantitative estimate of drug-likeness (QED) is 0.870. The number of primary amides is 1.